The Hall–Kier alpha value is -1.30. The van der Waals surface area contributed by atoms with Gasteiger partial charge in [0.1, 0.15) is 5.75 Å². The van der Waals surface area contributed by atoms with Crippen LogP contribution in [-0.4, -0.2) is 67.4 Å². The van der Waals surface area contributed by atoms with E-state index in [0.29, 0.717) is 0 Å². The van der Waals surface area contributed by atoms with Crippen LogP contribution >= 0.6 is 0 Å². The van der Waals surface area contributed by atoms with E-state index in [9.17, 15) is 0 Å². The lowest BCUT2D eigenvalue weighted by atomic mass is 10.3. The fourth-order valence-corrected chi connectivity index (χ4v) is 2.66. The second-order valence-corrected chi connectivity index (χ2v) is 5.53. The molecule has 0 radical (unpaired) electrons. The molecule has 0 amide bonds. The minimum atomic E-state index is 0.259. The molecule has 0 aliphatic carbocycles. The van der Waals surface area contributed by atoms with E-state index < -0.39 is 0 Å². The number of aliphatic hydroxyl groups excluding tert-OH is 1. The number of ether oxygens (including phenoxy) is 1. The first kappa shape index (κ1) is 16.1. The number of nitrogens with zero attached hydrogens (tertiary/aromatic N) is 2. The molecule has 3 N–H and O–H groups in total. The lowest BCUT2D eigenvalue weighted by molar-refractivity contribution is 0.194. The number of anilines is 1. The van der Waals surface area contributed by atoms with Crippen molar-refractivity contribution >= 4 is 5.69 Å². The average Bonchev–Trinajstić information content (AvgIpc) is 2.71. The molecule has 21 heavy (non-hydrogen) atoms. The third kappa shape index (κ3) is 5.91. The van der Waals surface area contributed by atoms with Crippen molar-refractivity contribution in [1.82, 2.24) is 9.80 Å². The van der Waals surface area contributed by atoms with Crippen LogP contribution in [0, 0.1) is 0 Å². The van der Waals surface area contributed by atoms with Crippen molar-refractivity contribution < 1.29 is 9.84 Å². The predicted octanol–water partition coefficient (Wildman–Crippen LogP) is 1.04. The summed E-state index contributed by atoms with van der Waals surface area (Å²) in [7, 11) is 0. The molecule has 1 heterocycles. The van der Waals surface area contributed by atoms with Gasteiger partial charge in [-0.1, -0.05) is 0 Å². The first-order valence-electron chi connectivity index (χ1n) is 7.82. The van der Waals surface area contributed by atoms with E-state index in [1.165, 1.54) is 6.42 Å². The van der Waals surface area contributed by atoms with Gasteiger partial charge in [-0.3, -0.25) is 4.90 Å². The lowest BCUT2D eigenvalue weighted by Crippen LogP contribution is -2.33. The second-order valence-electron chi connectivity index (χ2n) is 5.53. The molecule has 0 aromatic heterocycles. The standard InChI is InChI=1S/C16H27N3O2/c17-15-3-5-16(6-4-15)21-14-2-9-18-7-1-8-19(11-10-18)12-13-20/h3-6,20H,1-2,7-14,17H2. The Labute approximate surface area is 127 Å². The summed E-state index contributed by atoms with van der Waals surface area (Å²) in [6, 6.07) is 7.54. The zero-order valence-corrected chi connectivity index (χ0v) is 12.7. The number of nitrogens with two attached hydrogens (primary N) is 1. The highest BCUT2D eigenvalue weighted by Gasteiger charge is 2.13. The van der Waals surface area contributed by atoms with E-state index in [-0.39, 0.29) is 6.61 Å². The monoisotopic (exact) mass is 293 g/mol. The van der Waals surface area contributed by atoms with E-state index in [0.717, 1.165) is 63.7 Å². The smallest absolute Gasteiger partial charge is 0.119 e. The number of hydrogen-bond acceptors (Lipinski definition) is 5. The molecule has 0 atom stereocenters. The highest BCUT2D eigenvalue weighted by molar-refractivity contribution is 5.41. The molecule has 1 aromatic rings. The molecule has 118 valence electrons. The van der Waals surface area contributed by atoms with E-state index in [1.807, 2.05) is 24.3 Å². The molecule has 2 rings (SSSR count). The number of aliphatic hydroxyl groups is 1. The van der Waals surface area contributed by atoms with Crippen LogP contribution in [0.3, 0.4) is 0 Å². The van der Waals surface area contributed by atoms with Crippen LogP contribution in [0.2, 0.25) is 0 Å². The SMILES string of the molecule is Nc1ccc(OCCCN2CCCN(CCO)CC2)cc1. The molecule has 1 aromatic carbocycles. The minimum Gasteiger partial charge on any atom is -0.494 e. The van der Waals surface area contributed by atoms with Crippen molar-refractivity contribution in [2.24, 2.45) is 0 Å². The predicted molar refractivity (Wildman–Crippen MR) is 85.5 cm³/mol. The summed E-state index contributed by atoms with van der Waals surface area (Å²) in [5.41, 5.74) is 6.41. The van der Waals surface area contributed by atoms with Crippen LogP contribution in [0.15, 0.2) is 24.3 Å². The summed E-state index contributed by atoms with van der Waals surface area (Å²) in [5, 5.41) is 9.00. The van der Waals surface area contributed by atoms with Gasteiger partial charge in [0.05, 0.1) is 13.2 Å². The summed E-state index contributed by atoms with van der Waals surface area (Å²) in [6.07, 6.45) is 2.21. The number of β-amino-alcohol motifs (C(OH)–C–C–N with tert-alkyl or cyclic N) is 1. The average molecular weight is 293 g/mol. The van der Waals surface area contributed by atoms with Gasteiger partial charge in [0.2, 0.25) is 0 Å². The third-order valence-electron chi connectivity index (χ3n) is 3.86. The molecule has 0 spiro atoms. The Balaban J connectivity index is 1.61. The Bertz CT molecular complexity index is 397. The van der Waals surface area contributed by atoms with Gasteiger partial charge in [-0.05, 0) is 50.2 Å². The molecule has 5 heteroatoms. The summed E-state index contributed by atoms with van der Waals surface area (Å²) in [6.45, 7) is 7.25. The molecule has 0 saturated carbocycles. The van der Waals surface area contributed by atoms with Gasteiger partial charge in [-0.25, -0.2) is 0 Å². The first-order valence-corrected chi connectivity index (χ1v) is 7.82. The molecule has 1 aliphatic rings. The maximum absolute atomic E-state index is 9.00. The molecule has 1 fully saturated rings. The van der Waals surface area contributed by atoms with Gasteiger partial charge in [-0.2, -0.15) is 0 Å². The largest absolute Gasteiger partial charge is 0.494 e. The summed E-state index contributed by atoms with van der Waals surface area (Å²) >= 11 is 0. The van der Waals surface area contributed by atoms with E-state index in [4.69, 9.17) is 15.6 Å². The fourth-order valence-electron chi connectivity index (χ4n) is 2.66. The maximum atomic E-state index is 9.00. The van der Waals surface area contributed by atoms with Gasteiger partial charge in [0, 0.05) is 31.9 Å². The first-order chi connectivity index (χ1) is 10.3. The van der Waals surface area contributed by atoms with Gasteiger partial charge >= 0.3 is 0 Å². The summed E-state index contributed by atoms with van der Waals surface area (Å²) in [5.74, 6) is 0.884. The number of nitrogen functional groups attached to an aromatic ring is 1. The zero-order chi connectivity index (χ0) is 14.9. The van der Waals surface area contributed by atoms with Gasteiger partial charge in [-0.15, -0.1) is 0 Å². The Morgan fingerprint density at radius 2 is 1.67 bits per heavy atom. The molecule has 0 bridgehead atoms. The molecule has 5 nitrogen and oxygen atoms in total. The van der Waals surface area contributed by atoms with E-state index >= 15 is 0 Å². The Morgan fingerprint density at radius 1 is 1.00 bits per heavy atom. The van der Waals surface area contributed by atoms with Crippen molar-refractivity contribution in [1.29, 1.82) is 0 Å². The Kier molecular flexibility index (Phi) is 6.79. The van der Waals surface area contributed by atoms with Crippen molar-refractivity contribution in [2.45, 2.75) is 12.8 Å². The summed E-state index contributed by atoms with van der Waals surface area (Å²) < 4.78 is 5.72. The van der Waals surface area contributed by atoms with Gasteiger partial charge in [0.15, 0.2) is 0 Å². The topological polar surface area (TPSA) is 62.0 Å². The number of hydrogen-bond donors (Lipinski definition) is 2. The number of benzene rings is 1. The number of rotatable bonds is 7. The lowest BCUT2D eigenvalue weighted by Gasteiger charge is -2.21. The van der Waals surface area contributed by atoms with Crippen molar-refractivity contribution in [3.05, 3.63) is 24.3 Å². The van der Waals surface area contributed by atoms with Gasteiger partial charge in [0.25, 0.3) is 0 Å². The van der Waals surface area contributed by atoms with Crippen LogP contribution in [0.5, 0.6) is 5.75 Å². The molecule has 0 unspecified atom stereocenters. The van der Waals surface area contributed by atoms with Gasteiger partial charge < -0.3 is 20.5 Å². The van der Waals surface area contributed by atoms with Crippen molar-refractivity contribution in [3.8, 4) is 5.75 Å². The van der Waals surface area contributed by atoms with Crippen molar-refractivity contribution in [2.75, 3.05) is 58.2 Å². The van der Waals surface area contributed by atoms with Crippen molar-refractivity contribution in [3.63, 3.8) is 0 Å². The summed E-state index contributed by atoms with van der Waals surface area (Å²) in [4.78, 5) is 4.83. The van der Waals surface area contributed by atoms with E-state index in [2.05, 4.69) is 9.80 Å². The maximum Gasteiger partial charge on any atom is 0.119 e. The second kappa shape index (κ2) is 8.87. The molecule has 1 saturated heterocycles. The quantitative estimate of drug-likeness (QED) is 0.581. The molecular formula is C16H27N3O2. The van der Waals surface area contributed by atoms with Crippen LogP contribution in [0.4, 0.5) is 5.69 Å². The fraction of sp³-hybridized carbons (Fsp3) is 0.625. The zero-order valence-electron chi connectivity index (χ0n) is 12.7. The normalized spacial score (nSPS) is 17.6. The highest BCUT2D eigenvalue weighted by atomic mass is 16.5. The van der Waals surface area contributed by atoms with Crippen LogP contribution < -0.4 is 10.5 Å². The van der Waals surface area contributed by atoms with Crippen LogP contribution in [0.25, 0.3) is 0 Å². The molecule has 1 aliphatic heterocycles. The van der Waals surface area contributed by atoms with E-state index in [1.54, 1.807) is 0 Å². The van der Waals surface area contributed by atoms with Crippen LogP contribution in [-0.2, 0) is 0 Å². The third-order valence-corrected chi connectivity index (χ3v) is 3.86. The molecular weight excluding hydrogens is 266 g/mol. The highest BCUT2D eigenvalue weighted by Crippen LogP contribution is 2.13. The minimum absolute atomic E-state index is 0.259. The van der Waals surface area contributed by atoms with Crippen LogP contribution in [0.1, 0.15) is 12.8 Å². The Morgan fingerprint density at radius 3 is 2.33 bits per heavy atom.